The van der Waals surface area contributed by atoms with Gasteiger partial charge in [0.2, 0.25) is 0 Å². The summed E-state index contributed by atoms with van der Waals surface area (Å²) in [6, 6.07) is 4.48. The van der Waals surface area contributed by atoms with Crippen LogP contribution in [0.15, 0.2) is 22.7 Å². The number of carbonyl (C=O) groups excluding carboxylic acids is 1. The van der Waals surface area contributed by atoms with Crippen molar-refractivity contribution in [1.82, 2.24) is 5.32 Å². The Hall–Kier alpha value is -1.31. The highest BCUT2D eigenvalue weighted by molar-refractivity contribution is 9.10. The van der Waals surface area contributed by atoms with Crippen LogP contribution in [-0.4, -0.2) is 34.9 Å². The molecule has 0 saturated heterocycles. The van der Waals surface area contributed by atoms with Crippen molar-refractivity contribution in [1.29, 1.82) is 0 Å². The summed E-state index contributed by atoms with van der Waals surface area (Å²) in [5, 5.41) is 22.9. The molecule has 2 amide bonds. The second-order valence-corrected chi connectivity index (χ2v) is 4.83. The molecule has 0 fully saturated rings. The lowest BCUT2D eigenvalue weighted by atomic mass is 10.2. The minimum absolute atomic E-state index is 0.0392. The summed E-state index contributed by atoms with van der Waals surface area (Å²) in [5.74, 6) is -1.32. The van der Waals surface area contributed by atoms with Gasteiger partial charge in [-0.15, -0.1) is 0 Å². The van der Waals surface area contributed by atoms with E-state index in [1.165, 1.54) is 0 Å². The largest absolute Gasteiger partial charge is 0.479 e. The van der Waals surface area contributed by atoms with Gasteiger partial charge in [-0.25, -0.2) is 9.59 Å². The Morgan fingerprint density at radius 2 is 2.11 bits per heavy atom. The van der Waals surface area contributed by atoms with E-state index in [1.807, 2.05) is 0 Å². The molecular weight excluding hydrogens is 339 g/mol. The molecule has 0 aliphatic carbocycles. The molecule has 1 atom stereocenters. The number of carboxylic acids is 1. The Bertz CT molecular complexity index is 484. The summed E-state index contributed by atoms with van der Waals surface area (Å²) >= 11 is 9.09. The number of rotatable bonds is 5. The molecule has 0 aliphatic rings. The van der Waals surface area contributed by atoms with Crippen molar-refractivity contribution < 1.29 is 19.8 Å². The highest BCUT2D eigenvalue weighted by atomic mass is 79.9. The quantitative estimate of drug-likeness (QED) is 0.652. The van der Waals surface area contributed by atoms with E-state index in [-0.39, 0.29) is 13.0 Å². The van der Waals surface area contributed by atoms with Gasteiger partial charge < -0.3 is 20.8 Å². The van der Waals surface area contributed by atoms with Gasteiger partial charge in [-0.2, -0.15) is 0 Å². The summed E-state index contributed by atoms with van der Waals surface area (Å²) in [6.45, 7) is 0.0392. The van der Waals surface area contributed by atoms with Crippen molar-refractivity contribution in [3.05, 3.63) is 27.7 Å². The first-order chi connectivity index (χ1) is 8.91. The lowest BCUT2D eigenvalue weighted by Gasteiger charge is -2.10. The molecule has 6 nitrogen and oxygen atoms in total. The number of anilines is 1. The van der Waals surface area contributed by atoms with E-state index in [9.17, 15) is 9.59 Å². The second kappa shape index (κ2) is 7.32. The predicted octanol–water partition coefficient (Wildman–Crippen LogP) is 2.06. The van der Waals surface area contributed by atoms with Crippen LogP contribution in [0.4, 0.5) is 10.5 Å². The molecule has 0 bridgehead atoms. The average molecular weight is 352 g/mol. The van der Waals surface area contributed by atoms with Crippen LogP contribution in [0, 0.1) is 0 Å². The number of urea groups is 1. The lowest BCUT2D eigenvalue weighted by molar-refractivity contribution is -0.146. The number of carbonyl (C=O) groups is 2. The number of nitrogens with one attached hydrogen (secondary N) is 2. The SMILES string of the molecule is O=C(NCCC(O)C(=O)O)Nc1cccc(Cl)c1Br. The van der Waals surface area contributed by atoms with E-state index in [2.05, 4.69) is 26.6 Å². The fraction of sp³-hybridized carbons (Fsp3) is 0.273. The van der Waals surface area contributed by atoms with Crippen LogP contribution in [0.5, 0.6) is 0 Å². The van der Waals surface area contributed by atoms with E-state index in [0.717, 1.165) is 0 Å². The third-order valence-corrected chi connectivity index (χ3v) is 3.59. The van der Waals surface area contributed by atoms with Gasteiger partial charge in [0.25, 0.3) is 0 Å². The van der Waals surface area contributed by atoms with Crippen LogP contribution < -0.4 is 10.6 Å². The summed E-state index contributed by atoms with van der Waals surface area (Å²) in [5.41, 5.74) is 0.490. The lowest BCUT2D eigenvalue weighted by Crippen LogP contribution is -2.33. The van der Waals surface area contributed by atoms with Crippen LogP contribution in [0.3, 0.4) is 0 Å². The summed E-state index contributed by atoms with van der Waals surface area (Å²) < 4.78 is 0.553. The average Bonchev–Trinajstić information content (AvgIpc) is 2.34. The zero-order chi connectivity index (χ0) is 14.4. The third kappa shape index (κ3) is 5.06. The number of amides is 2. The molecule has 0 spiro atoms. The number of hydrogen-bond donors (Lipinski definition) is 4. The molecule has 1 rings (SSSR count). The molecule has 4 N–H and O–H groups in total. The van der Waals surface area contributed by atoms with Crippen molar-refractivity contribution in [2.24, 2.45) is 0 Å². The maximum atomic E-state index is 11.5. The molecule has 104 valence electrons. The monoisotopic (exact) mass is 350 g/mol. The maximum absolute atomic E-state index is 11.5. The molecule has 8 heteroatoms. The third-order valence-electron chi connectivity index (χ3n) is 2.19. The Balaban J connectivity index is 2.43. The topological polar surface area (TPSA) is 98.7 Å². The number of aliphatic hydroxyl groups is 1. The van der Waals surface area contributed by atoms with E-state index in [0.29, 0.717) is 15.2 Å². The molecule has 19 heavy (non-hydrogen) atoms. The molecule has 0 heterocycles. The molecule has 0 aromatic heterocycles. The van der Waals surface area contributed by atoms with Crippen molar-refractivity contribution in [3.8, 4) is 0 Å². The molecule has 0 radical (unpaired) electrons. The molecule has 1 aromatic carbocycles. The first-order valence-electron chi connectivity index (χ1n) is 5.31. The van der Waals surface area contributed by atoms with Crippen molar-refractivity contribution in [2.75, 3.05) is 11.9 Å². The van der Waals surface area contributed by atoms with Crippen LogP contribution >= 0.6 is 27.5 Å². The fourth-order valence-corrected chi connectivity index (χ4v) is 1.75. The van der Waals surface area contributed by atoms with Gasteiger partial charge in [0.05, 0.1) is 15.2 Å². The highest BCUT2D eigenvalue weighted by Crippen LogP contribution is 2.29. The zero-order valence-electron chi connectivity index (χ0n) is 9.69. The van der Waals surface area contributed by atoms with Crippen molar-refractivity contribution >= 4 is 45.2 Å². The summed E-state index contributed by atoms with van der Waals surface area (Å²) in [6.07, 6.45) is -1.56. The van der Waals surface area contributed by atoms with E-state index in [1.54, 1.807) is 18.2 Å². The van der Waals surface area contributed by atoms with Gasteiger partial charge in [-0.05, 0) is 28.1 Å². The van der Waals surface area contributed by atoms with Gasteiger partial charge in [0.15, 0.2) is 6.10 Å². The Morgan fingerprint density at radius 3 is 2.74 bits per heavy atom. The van der Waals surface area contributed by atoms with Crippen LogP contribution in [0.2, 0.25) is 5.02 Å². The van der Waals surface area contributed by atoms with Gasteiger partial charge >= 0.3 is 12.0 Å². The van der Waals surface area contributed by atoms with Crippen LogP contribution in [0.1, 0.15) is 6.42 Å². The summed E-state index contributed by atoms with van der Waals surface area (Å²) in [4.78, 5) is 21.9. The number of halogens is 2. The molecule has 1 aromatic rings. The minimum Gasteiger partial charge on any atom is -0.479 e. The Kier molecular flexibility index (Phi) is 6.07. The smallest absolute Gasteiger partial charge is 0.332 e. The van der Waals surface area contributed by atoms with E-state index >= 15 is 0 Å². The number of hydrogen-bond acceptors (Lipinski definition) is 3. The summed E-state index contributed by atoms with van der Waals surface area (Å²) in [7, 11) is 0. The predicted molar refractivity (Wildman–Crippen MR) is 74.4 cm³/mol. The van der Waals surface area contributed by atoms with E-state index < -0.39 is 18.1 Å². The molecule has 1 unspecified atom stereocenters. The van der Waals surface area contributed by atoms with Crippen molar-refractivity contribution in [2.45, 2.75) is 12.5 Å². The first-order valence-corrected chi connectivity index (χ1v) is 6.48. The van der Waals surface area contributed by atoms with Crippen LogP contribution in [-0.2, 0) is 4.79 Å². The van der Waals surface area contributed by atoms with Gasteiger partial charge in [-0.3, -0.25) is 0 Å². The highest BCUT2D eigenvalue weighted by Gasteiger charge is 2.13. The number of carboxylic acid groups (broad SMARTS) is 1. The first kappa shape index (κ1) is 15.7. The zero-order valence-corrected chi connectivity index (χ0v) is 12.0. The number of aliphatic carboxylic acids is 1. The fourth-order valence-electron chi connectivity index (χ4n) is 1.21. The molecular formula is C11H12BrClN2O4. The van der Waals surface area contributed by atoms with Gasteiger partial charge in [0, 0.05) is 13.0 Å². The number of benzene rings is 1. The Labute approximate surface area is 122 Å². The normalized spacial score (nSPS) is 11.7. The molecule has 0 aliphatic heterocycles. The van der Waals surface area contributed by atoms with Gasteiger partial charge in [-0.1, -0.05) is 17.7 Å². The minimum atomic E-state index is -1.49. The molecule has 0 saturated carbocycles. The van der Waals surface area contributed by atoms with Crippen LogP contribution in [0.25, 0.3) is 0 Å². The Morgan fingerprint density at radius 1 is 1.42 bits per heavy atom. The second-order valence-electron chi connectivity index (χ2n) is 3.62. The van der Waals surface area contributed by atoms with Crippen molar-refractivity contribution in [3.63, 3.8) is 0 Å². The standard InChI is InChI=1S/C11H12BrClN2O4/c12-9-6(13)2-1-3-7(9)15-11(19)14-5-4-8(16)10(17)18/h1-3,8,16H,4-5H2,(H,17,18)(H2,14,15,19). The number of aliphatic hydroxyl groups excluding tert-OH is 1. The van der Waals surface area contributed by atoms with Gasteiger partial charge in [0.1, 0.15) is 0 Å². The van der Waals surface area contributed by atoms with E-state index in [4.69, 9.17) is 21.8 Å². The maximum Gasteiger partial charge on any atom is 0.332 e.